The highest BCUT2D eigenvalue weighted by molar-refractivity contribution is 5.90. The van der Waals surface area contributed by atoms with Crippen molar-refractivity contribution in [3.63, 3.8) is 0 Å². The van der Waals surface area contributed by atoms with Gasteiger partial charge < -0.3 is 20.9 Å². The number of nitrogens with one attached hydrogen (secondary N) is 1. The third-order valence-corrected chi connectivity index (χ3v) is 2.59. The molecule has 0 saturated heterocycles. The van der Waals surface area contributed by atoms with Crippen LogP contribution in [-0.2, 0) is 9.59 Å². The zero-order valence-electron chi connectivity index (χ0n) is 11.3. The van der Waals surface area contributed by atoms with Crippen LogP contribution in [0.25, 0.3) is 0 Å². The van der Waals surface area contributed by atoms with Crippen LogP contribution in [0.2, 0.25) is 0 Å². The molecule has 0 unspecified atom stereocenters. The van der Waals surface area contributed by atoms with Crippen molar-refractivity contribution >= 4 is 17.6 Å². The van der Waals surface area contributed by atoms with Crippen molar-refractivity contribution in [2.75, 3.05) is 18.5 Å². The minimum Gasteiger partial charge on any atom is -0.482 e. The summed E-state index contributed by atoms with van der Waals surface area (Å²) in [5.41, 5.74) is 5.97. The Labute approximate surface area is 117 Å². The van der Waals surface area contributed by atoms with Gasteiger partial charge in [0.2, 0.25) is 5.91 Å². The zero-order chi connectivity index (χ0) is 14.8. The summed E-state index contributed by atoms with van der Waals surface area (Å²) in [5, 5.41) is 11.3. The molecular formula is C14H20N2O4. The molecule has 0 aliphatic carbocycles. The van der Waals surface area contributed by atoms with Gasteiger partial charge in [-0.25, -0.2) is 4.79 Å². The van der Waals surface area contributed by atoms with Crippen molar-refractivity contribution < 1.29 is 19.4 Å². The molecule has 0 aliphatic heterocycles. The van der Waals surface area contributed by atoms with Crippen LogP contribution in [0.5, 0.6) is 5.75 Å². The number of hydrogen-bond acceptors (Lipinski definition) is 4. The van der Waals surface area contributed by atoms with Crippen LogP contribution in [0.3, 0.4) is 0 Å². The van der Waals surface area contributed by atoms with Crippen LogP contribution in [0, 0.1) is 0 Å². The normalized spacial score (nSPS) is 10.1. The molecule has 0 fully saturated rings. The second-order valence-electron chi connectivity index (χ2n) is 4.36. The predicted octanol–water partition coefficient (Wildman–Crippen LogP) is 1.61. The zero-order valence-corrected chi connectivity index (χ0v) is 11.3. The number of carbonyl (C=O) groups excluding carboxylic acids is 1. The van der Waals surface area contributed by atoms with E-state index in [0.29, 0.717) is 24.4 Å². The lowest BCUT2D eigenvalue weighted by atomic mass is 10.2. The Morgan fingerprint density at radius 1 is 1.25 bits per heavy atom. The monoisotopic (exact) mass is 280 g/mol. The molecule has 1 rings (SSSR count). The Morgan fingerprint density at radius 2 is 2.05 bits per heavy atom. The molecule has 0 aromatic heterocycles. The lowest BCUT2D eigenvalue weighted by Gasteiger charge is -2.08. The van der Waals surface area contributed by atoms with E-state index in [2.05, 4.69) is 5.32 Å². The summed E-state index contributed by atoms with van der Waals surface area (Å²) in [6, 6.07) is 6.66. The second kappa shape index (κ2) is 8.92. The topological polar surface area (TPSA) is 102 Å². The average molecular weight is 280 g/mol. The summed E-state index contributed by atoms with van der Waals surface area (Å²) >= 11 is 0. The lowest BCUT2D eigenvalue weighted by Crippen LogP contribution is -2.12. The Kier molecular flexibility index (Phi) is 7.13. The second-order valence-corrected chi connectivity index (χ2v) is 4.36. The van der Waals surface area contributed by atoms with E-state index in [4.69, 9.17) is 15.6 Å². The molecule has 0 bridgehead atoms. The molecular weight excluding hydrogens is 260 g/mol. The van der Waals surface area contributed by atoms with Gasteiger partial charge in [-0.15, -0.1) is 0 Å². The van der Waals surface area contributed by atoms with Gasteiger partial charge >= 0.3 is 5.97 Å². The number of carboxylic acid groups (broad SMARTS) is 1. The first kappa shape index (κ1) is 16.0. The number of carbonyl (C=O) groups is 2. The number of hydrogen-bond donors (Lipinski definition) is 3. The number of unbranched alkanes of at least 4 members (excludes halogenated alkanes) is 2. The van der Waals surface area contributed by atoms with E-state index in [9.17, 15) is 9.59 Å². The maximum atomic E-state index is 11.7. The number of amides is 1. The highest BCUT2D eigenvalue weighted by atomic mass is 16.5. The molecule has 0 saturated carbocycles. The molecule has 0 radical (unpaired) electrons. The Balaban J connectivity index is 2.40. The summed E-state index contributed by atoms with van der Waals surface area (Å²) in [7, 11) is 0. The minimum atomic E-state index is -1.04. The Hall–Kier alpha value is -2.08. The number of benzene rings is 1. The predicted molar refractivity (Wildman–Crippen MR) is 75.7 cm³/mol. The first-order valence-corrected chi connectivity index (χ1v) is 6.56. The number of anilines is 1. The maximum Gasteiger partial charge on any atom is 0.341 e. The van der Waals surface area contributed by atoms with Gasteiger partial charge in [-0.3, -0.25) is 4.79 Å². The van der Waals surface area contributed by atoms with Gasteiger partial charge in [0.25, 0.3) is 0 Å². The van der Waals surface area contributed by atoms with Crippen LogP contribution in [0.1, 0.15) is 25.7 Å². The fourth-order valence-corrected chi connectivity index (χ4v) is 1.64. The number of rotatable bonds is 9. The minimum absolute atomic E-state index is 0.0718. The van der Waals surface area contributed by atoms with Crippen molar-refractivity contribution in [3.05, 3.63) is 24.3 Å². The molecule has 1 aromatic rings. The molecule has 110 valence electrons. The number of ether oxygens (including phenoxy) is 1. The molecule has 4 N–H and O–H groups in total. The first-order valence-electron chi connectivity index (χ1n) is 6.56. The van der Waals surface area contributed by atoms with Gasteiger partial charge in [0.1, 0.15) is 5.75 Å². The van der Waals surface area contributed by atoms with Crippen LogP contribution in [0.4, 0.5) is 5.69 Å². The van der Waals surface area contributed by atoms with Crippen LogP contribution in [-0.4, -0.2) is 30.1 Å². The van der Waals surface area contributed by atoms with Crippen molar-refractivity contribution in [2.45, 2.75) is 25.7 Å². The van der Waals surface area contributed by atoms with Crippen molar-refractivity contribution in [3.8, 4) is 5.75 Å². The van der Waals surface area contributed by atoms with Crippen molar-refractivity contribution in [2.24, 2.45) is 5.73 Å². The maximum absolute atomic E-state index is 11.7. The van der Waals surface area contributed by atoms with Gasteiger partial charge in [0.05, 0.1) is 0 Å². The molecule has 6 nitrogen and oxygen atoms in total. The van der Waals surface area contributed by atoms with Crippen molar-refractivity contribution in [1.29, 1.82) is 0 Å². The van der Waals surface area contributed by atoms with E-state index in [0.717, 1.165) is 19.3 Å². The Morgan fingerprint density at radius 3 is 2.75 bits per heavy atom. The Bertz CT molecular complexity index is 449. The number of nitrogens with two attached hydrogens (primary N) is 1. The smallest absolute Gasteiger partial charge is 0.341 e. The van der Waals surface area contributed by atoms with Crippen LogP contribution >= 0.6 is 0 Å². The van der Waals surface area contributed by atoms with Gasteiger partial charge in [-0.2, -0.15) is 0 Å². The largest absolute Gasteiger partial charge is 0.482 e. The lowest BCUT2D eigenvalue weighted by molar-refractivity contribution is -0.139. The fourth-order valence-electron chi connectivity index (χ4n) is 1.64. The van der Waals surface area contributed by atoms with Gasteiger partial charge in [0.15, 0.2) is 6.61 Å². The van der Waals surface area contributed by atoms with E-state index < -0.39 is 12.6 Å². The third kappa shape index (κ3) is 6.75. The molecule has 0 aliphatic rings. The summed E-state index contributed by atoms with van der Waals surface area (Å²) in [5.74, 6) is -0.704. The number of carboxylic acids is 1. The van der Waals surface area contributed by atoms with Gasteiger partial charge in [-0.05, 0) is 31.5 Å². The fraction of sp³-hybridized carbons (Fsp3) is 0.429. The molecule has 20 heavy (non-hydrogen) atoms. The third-order valence-electron chi connectivity index (χ3n) is 2.59. The molecule has 1 amide bonds. The average Bonchev–Trinajstić information content (AvgIpc) is 2.42. The standard InChI is InChI=1S/C14H20N2O4/c15-8-3-1-2-7-13(17)16-11-5-4-6-12(9-11)20-10-14(18)19/h4-6,9H,1-3,7-8,10,15H2,(H,16,17)(H,18,19). The molecule has 1 aromatic carbocycles. The molecule has 0 spiro atoms. The van der Waals surface area contributed by atoms with Crippen LogP contribution in [0.15, 0.2) is 24.3 Å². The quantitative estimate of drug-likeness (QED) is 0.596. The molecule has 0 atom stereocenters. The van der Waals surface area contributed by atoms with Crippen LogP contribution < -0.4 is 15.8 Å². The molecule has 6 heteroatoms. The van der Waals surface area contributed by atoms with Crippen molar-refractivity contribution in [1.82, 2.24) is 0 Å². The van der Waals surface area contributed by atoms with Gasteiger partial charge in [-0.1, -0.05) is 12.5 Å². The highest BCUT2D eigenvalue weighted by Crippen LogP contribution is 2.17. The summed E-state index contributed by atoms with van der Waals surface area (Å²) in [4.78, 5) is 22.1. The SMILES string of the molecule is NCCCCCC(=O)Nc1cccc(OCC(=O)O)c1. The van der Waals surface area contributed by atoms with E-state index in [1.54, 1.807) is 24.3 Å². The van der Waals surface area contributed by atoms with Gasteiger partial charge in [0, 0.05) is 18.2 Å². The van der Waals surface area contributed by atoms with E-state index >= 15 is 0 Å². The highest BCUT2D eigenvalue weighted by Gasteiger charge is 2.04. The number of aliphatic carboxylic acids is 1. The molecule has 0 heterocycles. The summed E-state index contributed by atoms with van der Waals surface area (Å²) in [6.07, 6.45) is 3.11. The van der Waals surface area contributed by atoms with E-state index in [1.807, 2.05) is 0 Å². The summed E-state index contributed by atoms with van der Waals surface area (Å²) in [6.45, 7) is 0.237. The van der Waals surface area contributed by atoms with E-state index in [1.165, 1.54) is 0 Å². The first-order chi connectivity index (χ1) is 9.61. The summed E-state index contributed by atoms with van der Waals surface area (Å²) < 4.78 is 5.04. The van der Waals surface area contributed by atoms with E-state index in [-0.39, 0.29) is 5.91 Å².